The molecule has 1 aliphatic rings. The lowest BCUT2D eigenvalue weighted by atomic mass is 9.91. The topological polar surface area (TPSA) is 64.8 Å². The minimum Gasteiger partial charge on any atom is -0.490 e. The summed E-state index contributed by atoms with van der Waals surface area (Å²) in [7, 11) is 0. The van der Waals surface area contributed by atoms with Crippen molar-refractivity contribution in [3.63, 3.8) is 0 Å². The van der Waals surface area contributed by atoms with E-state index in [2.05, 4.69) is 4.74 Å². The van der Waals surface area contributed by atoms with Gasteiger partial charge in [0.2, 0.25) is 0 Å². The average Bonchev–Trinajstić information content (AvgIpc) is 2.65. The number of benzene rings is 2. The van der Waals surface area contributed by atoms with Crippen LogP contribution in [0.3, 0.4) is 0 Å². The summed E-state index contributed by atoms with van der Waals surface area (Å²) in [5.74, 6) is -0.145. The molecule has 2 N–H and O–H groups in total. The number of nitrogens with two attached hydrogens (primary N) is 1. The molecule has 0 saturated heterocycles. The number of urea groups is 1. The number of halogens is 4. The lowest BCUT2D eigenvalue weighted by Gasteiger charge is -2.36. The summed E-state index contributed by atoms with van der Waals surface area (Å²) in [5.41, 5.74) is 5.92. The molecule has 0 spiro atoms. The van der Waals surface area contributed by atoms with Crippen molar-refractivity contribution < 1.29 is 31.8 Å². The second kappa shape index (κ2) is 8.59. The van der Waals surface area contributed by atoms with E-state index in [1.165, 1.54) is 29.2 Å². The number of ether oxygens (including phenoxy) is 2. The summed E-state index contributed by atoms with van der Waals surface area (Å²) in [4.78, 5) is 13.4. The second-order valence-corrected chi connectivity index (χ2v) is 6.75. The predicted molar refractivity (Wildman–Crippen MR) is 98.3 cm³/mol. The standard InChI is InChI=1S/C20H20F4N2O3/c21-13-1-7-16(8-2-13)28-17-9-3-14(4-10-17)26(19(25)27)15-5-11-18(12-6-15)29-20(22,23)24/h1-2,5-8,11-12,14,17H,3-4,9-10H2,(H2,25,27). The van der Waals surface area contributed by atoms with Crippen molar-refractivity contribution in [2.45, 2.75) is 44.2 Å². The Hall–Kier alpha value is -2.97. The highest BCUT2D eigenvalue weighted by molar-refractivity contribution is 5.91. The number of carbonyl (C=O) groups is 1. The molecule has 2 aromatic rings. The first-order valence-electron chi connectivity index (χ1n) is 9.08. The molecule has 0 unspecified atom stereocenters. The number of rotatable bonds is 5. The van der Waals surface area contributed by atoms with Crippen molar-refractivity contribution in [2.75, 3.05) is 4.90 Å². The van der Waals surface area contributed by atoms with Crippen LogP contribution in [0.4, 0.5) is 28.0 Å². The largest absolute Gasteiger partial charge is 0.573 e. The van der Waals surface area contributed by atoms with E-state index in [-0.39, 0.29) is 23.7 Å². The highest BCUT2D eigenvalue weighted by atomic mass is 19.4. The second-order valence-electron chi connectivity index (χ2n) is 6.75. The van der Waals surface area contributed by atoms with Gasteiger partial charge in [-0.15, -0.1) is 13.2 Å². The molecule has 156 valence electrons. The zero-order valence-corrected chi connectivity index (χ0v) is 15.4. The SMILES string of the molecule is NC(=O)N(c1ccc(OC(F)(F)F)cc1)C1CCC(Oc2ccc(F)cc2)CC1. The Balaban J connectivity index is 1.62. The Morgan fingerprint density at radius 1 is 0.931 bits per heavy atom. The van der Waals surface area contributed by atoms with Crippen LogP contribution >= 0.6 is 0 Å². The smallest absolute Gasteiger partial charge is 0.490 e. The minimum absolute atomic E-state index is 0.0750. The molecule has 2 amide bonds. The Labute approximate surface area is 165 Å². The van der Waals surface area contributed by atoms with Crippen molar-refractivity contribution in [3.05, 3.63) is 54.3 Å². The van der Waals surface area contributed by atoms with Gasteiger partial charge in [-0.1, -0.05) is 0 Å². The van der Waals surface area contributed by atoms with Crippen LogP contribution in [-0.4, -0.2) is 24.5 Å². The number of carbonyl (C=O) groups excluding carboxylic acids is 1. The number of hydrogen-bond donors (Lipinski definition) is 1. The third-order valence-electron chi connectivity index (χ3n) is 4.71. The lowest BCUT2D eigenvalue weighted by molar-refractivity contribution is -0.274. The maximum absolute atomic E-state index is 13.0. The van der Waals surface area contributed by atoms with Crippen molar-refractivity contribution in [1.29, 1.82) is 0 Å². The molecular weight excluding hydrogens is 392 g/mol. The third-order valence-corrected chi connectivity index (χ3v) is 4.71. The van der Waals surface area contributed by atoms with Gasteiger partial charge in [-0.3, -0.25) is 4.90 Å². The van der Waals surface area contributed by atoms with Gasteiger partial charge >= 0.3 is 12.4 Å². The zero-order chi connectivity index (χ0) is 21.0. The van der Waals surface area contributed by atoms with E-state index in [1.807, 2.05) is 0 Å². The number of alkyl halides is 3. The molecule has 1 aliphatic carbocycles. The molecule has 0 aromatic heterocycles. The molecule has 3 rings (SSSR count). The normalized spacial score (nSPS) is 19.4. The first kappa shape index (κ1) is 20.8. The Morgan fingerprint density at radius 2 is 1.48 bits per heavy atom. The average molecular weight is 412 g/mol. The van der Waals surface area contributed by atoms with Gasteiger partial charge in [-0.2, -0.15) is 0 Å². The Bertz CT molecular complexity index is 817. The summed E-state index contributed by atoms with van der Waals surface area (Å²) in [6, 6.07) is 9.89. The maximum Gasteiger partial charge on any atom is 0.573 e. The number of amides is 2. The molecule has 2 aromatic carbocycles. The quantitative estimate of drug-likeness (QED) is 0.703. The van der Waals surface area contributed by atoms with Gasteiger partial charge in [-0.05, 0) is 74.2 Å². The third kappa shape index (κ3) is 5.75. The number of hydrogen-bond acceptors (Lipinski definition) is 3. The first-order chi connectivity index (χ1) is 13.7. The van der Waals surface area contributed by atoms with Gasteiger partial charge in [0.25, 0.3) is 0 Å². The molecule has 9 heteroatoms. The first-order valence-corrected chi connectivity index (χ1v) is 9.08. The van der Waals surface area contributed by atoms with Crippen LogP contribution in [0.2, 0.25) is 0 Å². The van der Waals surface area contributed by atoms with Crippen LogP contribution in [0.1, 0.15) is 25.7 Å². The Kier molecular flexibility index (Phi) is 6.14. The molecule has 0 aliphatic heterocycles. The number of nitrogens with zero attached hydrogens (tertiary/aromatic N) is 1. The number of primary amides is 1. The van der Waals surface area contributed by atoms with Gasteiger partial charge in [0, 0.05) is 11.7 Å². The van der Waals surface area contributed by atoms with Crippen molar-refractivity contribution >= 4 is 11.7 Å². The fourth-order valence-corrected chi connectivity index (χ4v) is 3.45. The van der Waals surface area contributed by atoms with E-state index < -0.39 is 12.4 Å². The summed E-state index contributed by atoms with van der Waals surface area (Å²) < 4.78 is 59.6. The summed E-state index contributed by atoms with van der Waals surface area (Å²) in [5, 5.41) is 0. The van der Waals surface area contributed by atoms with E-state index in [0.717, 1.165) is 12.1 Å². The summed E-state index contributed by atoms with van der Waals surface area (Å²) in [6.07, 6.45) is -2.34. The fraction of sp³-hybridized carbons (Fsp3) is 0.350. The van der Waals surface area contributed by atoms with Crippen LogP contribution in [0, 0.1) is 5.82 Å². The highest BCUT2D eigenvalue weighted by Crippen LogP contribution is 2.31. The minimum atomic E-state index is -4.78. The van der Waals surface area contributed by atoms with Crippen molar-refractivity contribution in [2.24, 2.45) is 5.73 Å². The van der Waals surface area contributed by atoms with Crippen LogP contribution in [0.25, 0.3) is 0 Å². The molecule has 0 radical (unpaired) electrons. The van der Waals surface area contributed by atoms with Gasteiger partial charge < -0.3 is 15.2 Å². The Morgan fingerprint density at radius 3 is 2.00 bits per heavy atom. The fourth-order valence-electron chi connectivity index (χ4n) is 3.45. The number of anilines is 1. The van der Waals surface area contributed by atoms with E-state index in [1.54, 1.807) is 12.1 Å². The molecule has 29 heavy (non-hydrogen) atoms. The molecule has 0 bridgehead atoms. The van der Waals surface area contributed by atoms with Gasteiger partial charge in [0.15, 0.2) is 0 Å². The van der Waals surface area contributed by atoms with E-state index in [4.69, 9.17) is 10.5 Å². The molecule has 1 saturated carbocycles. The maximum atomic E-state index is 13.0. The van der Waals surface area contributed by atoms with Crippen molar-refractivity contribution in [3.8, 4) is 11.5 Å². The van der Waals surface area contributed by atoms with Crippen LogP contribution in [-0.2, 0) is 0 Å². The van der Waals surface area contributed by atoms with E-state index >= 15 is 0 Å². The van der Waals surface area contributed by atoms with Crippen LogP contribution in [0.15, 0.2) is 48.5 Å². The summed E-state index contributed by atoms with van der Waals surface area (Å²) >= 11 is 0. The highest BCUT2D eigenvalue weighted by Gasteiger charge is 2.32. The molecule has 5 nitrogen and oxygen atoms in total. The summed E-state index contributed by atoms with van der Waals surface area (Å²) in [6.45, 7) is 0. The van der Waals surface area contributed by atoms with Crippen molar-refractivity contribution in [1.82, 2.24) is 0 Å². The van der Waals surface area contributed by atoms with Crippen LogP contribution in [0.5, 0.6) is 11.5 Å². The lowest BCUT2D eigenvalue weighted by Crippen LogP contribution is -2.46. The molecular formula is C20H20F4N2O3. The van der Waals surface area contributed by atoms with Gasteiger partial charge in [0.1, 0.15) is 17.3 Å². The van der Waals surface area contributed by atoms with E-state index in [9.17, 15) is 22.4 Å². The van der Waals surface area contributed by atoms with Crippen LogP contribution < -0.4 is 20.1 Å². The monoisotopic (exact) mass is 412 g/mol. The predicted octanol–water partition coefficient (Wildman–Crippen LogP) is 5.00. The molecule has 0 heterocycles. The van der Waals surface area contributed by atoms with Gasteiger partial charge in [-0.25, -0.2) is 9.18 Å². The van der Waals surface area contributed by atoms with E-state index in [0.29, 0.717) is 37.1 Å². The van der Waals surface area contributed by atoms with Gasteiger partial charge in [0.05, 0.1) is 6.10 Å². The zero-order valence-electron chi connectivity index (χ0n) is 15.4. The molecule has 0 atom stereocenters. The molecule has 1 fully saturated rings.